The third-order valence-electron chi connectivity index (χ3n) is 3.85. The fourth-order valence-electron chi connectivity index (χ4n) is 2.81. The number of nitrogens with zero attached hydrogens (tertiary/aromatic N) is 1. The quantitative estimate of drug-likeness (QED) is 0.842. The summed E-state index contributed by atoms with van der Waals surface area (Å²) in [5.74, 6) is 0.743. The molecule has 0 aliphatic carbocycles. The van der Waals surface area contributed by atoms with Crippen molar-refractivity contribution in [3.63, 3.8) is 0 Å². The van der Waals surface area contributed by atoms with Crippen molar-refractivity contribution >= 4 is 6.09 Å². The molecule has 0 aromatic heterocycles. The number of ether oxygens (including phenoxy) is 1. The van der Waals surface area contributed by atoms with Crippen molar-refractivity contribution < 1.29 is 14.6 Å². The molecule has 1 aliphatic heterocycles. The fraction of sp³-hybridized carbons (Fsp3) is 0.938. The van der Waals surface area contributed by atoms with E-state index in [9.17, 15) is 9.90 Å². The van der Waals surface area contributed by atoms with Crippen LogP contribution in [0, 0.1) is 11.8 Å². The molecule has 1 heterocycles. The minimum absolute atomic E-state index is 0.196. The molecule has 1 N–H and O–H groups in total. The van der Waals surface area contributed by atoms with Crippen LogP contribution in [0.15, 0.2) is 0 Å². The third kappa shape index (κ3) is 5.70. The van der Waals surface area contributed by atoms with E-state index in [2.05, 4.69) is 13.8 Å². The number of aliphatic hydroxyl groups is 1. The van der Waals surface area contributed by atoms with Gasteiger partial charge in [0.1, 0.15) is 5.60 Å². The maximum Gasteiger partial charge on any atom is 0.410 e. The van der Waals surface area contributed by atoms with Crippen molar-refractivity contribution in [3.05, 3.63) is 0 Å². The Labute approximate surface area is 123 Å². The summed E-state index contributed by atoms with van der Waals surface area (Å²) < 4.78 is 5.37. The summed E-state index contributed by atoms with van der Waals surface area (Å²) in [5, 5.41) is 10.3. The average Bonchev–Trinajstić information content (AvgIpc) is 2.75. The van der Waals surface area contributed by atoms with Crippen LogP contribution < -0.4 is 0 Å². The zero-order valence-electron chi connectivity index (χ0n) is 13.7. The monoisotopic (exact) mass is 285 g/mol. The van der Waals surface area contributed by atoms with E-state index in [4.69, 9.17) is 4.74 Å². The van der Waals surface area contributed by atoms with E-state index >= 15 is 0 Å². The van der Waals surface area contributed by atoms with Gasteiger partial charge in [-0.1, -0.05) is 26.7 Å². The second kappa shape index (κ2) is 7.30. The Morgan fingerprint density at radius 1 is 1.45 bits per heavy atom. The van der Waals surface area contributed by atoms with Crippen LogP contribution in [0.2, 0.25) is 0 Å². The first kappa shape index (κ1) is 17.3. The molecule has 1 aliphatic rings. The lowest BCUT2D eigenvalue weighted by Gasteiger charge is -2.25. The Kier molecular flexibility index (Phi) is 6.31. The van der Waals surface area contributed by atoms with E-state index in [1.807, 2.05) is 20.8 Å². The predicted octanol–water partition coefficient (Wildman–Crippen LogP) is 3.43. The zero-order chi connectivity index (χ0) is 15.3. The molecule has 3 unspecified atom stereocenters. The summed E-state index contributed by atoms with van der Waals surface area (Å²) in [6.45, 7) is 11.3. The van der Waals surface area contributed by atoms with Gasteiger partial charge in [-0.3, -0.25) is 0 Å². The summed E-state index contributed by atoms with van der Waals surface area (Å²) in [6, 6.07) is 0. The van der Waals surface area contributed by atoms with E-state index in [0.29, 0.717) is 19.0 Å². The van der Waals surface area contributed by atoms with Crippen LogP contribution in [0.4, 0.5) is 4.79 Å². The highest BCUT2D eigenvalue weighted by Crippen LogP contribution is 2.26. The normalized spacial score (nSPS) is 22.7. The van der Waals surface area contributed by atoms with Crippen molar-refractivity contribution in [3.8, 4) is 0 Å². The molecule has 20 heavy (non-hydrogen) atoms. The standard InChI is InChI=1S/C16H31NO3/c1-6-7-12(2)10-14(18)13-8-9-17(11-13)15(19)20-16(3,4)5/h12-14,18H,6-11H2,1-5H3. The van der Waals surface area contributed by atoms with Crippen molar-refractivity contribution in [1.29, 1.82) is 0 Å². The van der Waals surface area contributed by atoms with Gasteiger partial charge >= 0.3 is 6.09 Å². The number of likely N-dealkylation sites (tertiary alicyclic amines) is 1. The molecule has 0 aromatic carbocycles. The summed E-state index contributed by atoms with van der Waals surface area (Å²) in [4.78, 5) is 13.7. The molecule has 0 spiro atoms. The van der Waals surface area contributed by atoms with Crippen LogP contribution in [0.5, 0.6) is 0 Å². The van der Waals surface area contributed by atoms with Gasteiger partial charge in [0.25, 0.3) is 0 Å². The second-order valence-corrected chi connectivity index (χ2v) is 7.17. The van der Waals surface area contributed by atoms with Gasteiger partial charge in [0.05, 0.1) is 6.10 Å². The molecular weight excluding hydrogens is 254 g/mol. The van der Waals surface area contributed by atoms with Crippen LogP contribution in [0.3, 0.4) is 0 Å². The van der Waals surface area contributed by atoms with E-state index in [1.54, 1.807) is 4.90 Å². The molecule has 0 saturated carbocycles. The predicted molar refractivity (Wildman–Crippen MR) is 80.6 cm³/mol. The second-order valence-electron chi connectivity index (χ2n) is 7.17. The highest BCUT2D eigenvalue weighted by molar-refractivity contribution is 5.68. The first-order valence-electron chi connectivity index (χ1n) is 7.89. The Morgan fingerprint density at radius 3 is 2.65 bits per heavy atom. The number of hydrogen-bond donors (Lipinski definition) is 1. The molecule has 118 valence electrons. The minimum atomic E-state index is -0.455. The number of aliphatic hydroxyl groups excluding tert-OH is 1. The van der Waals surface area contributed by atoms with Crippen molar-refractivity contribution in [2.24, 2.45) is 11.8 Å². The van der Waals surface area contributed by atoms with E-state index in [-0.39, 0.29) is 18.1 Å². The SMILES string of the molecule is CCCC(C)CC(O)C1CCN(C(=O)OC(C)(C)C)C1. The summed E-state index contributed by atoms with van der Waals surface area (Å²) >= 11 is 0. The van der Waals surface area contributed by atoms with Gasteiger partial charge in [0, 0.05) is 19.0 Å². The highest BCUT2D eigenvalue weighted by Gasteiger charge is 2.33. The number of hydrogen-bond acceptors (Lipinski definition) is 3. The molecule has 1 rings (SSSR count). The van der Waals surface area contributed by atoms with Crippen LogP contribution in [0.1, 0.15) is 60.3 Å². The van der Waals surface area contributed by atoms with Gasteiger partial charge in [-0.25, -0.2) is 4.79 Å². The highest BCUT2D eigenvalue weighted by atomic mass is 16.6. The van der Waals surface area contributed by atoms with E-state index in [0.717, 1.165) is 25.7 Å². The van der Waals surface area contributed by atoms with E-state index < -0.39 is 5.60 Å². The van der Waals surface area contributed by atoms with Gasteiger partial charge in [-0.15, -0.1) is 0 Å². The molecule has 4 nitrogen and oxygen atoms in total. The Bertz CT molecular complexity index is 311. The summed E-state index contributed by atoms with van der Waals surface area (Å²) in [7, 11) is 0. The Morgan fingerprint density at radius 2 is 2.10 bits per heavy atom. The number of carbonyl (C=O) groups excluding carboxylic acids is 1. The molecule has 4 heteroatoms. The van der Waals surface area contributed by atoms with Gasteiger partial charge in [0.15, 0.2) is 0 Å². The molecule has 1 fully saturated rings. The lowest BCUT2D eigenvalue weighted by molar-refractivity contribution is 0.0261. The fourth-order valence-corrected chi connectivity index (χ4v) is 2.81. The minimum Gasteiger partial charge on any atom is -0.444 e. The molecule has 0 bridgehead atoms. The van der Waals surface area contributed by atoms with E-state index in [1.165, 1.54) is 0 Å². The average molecular weight is 285 g/mol. The maximum atomic E-state index is 12.0. The smallest absolute Gasteiger partial charge is 0.410 e. The molecule has 0 aromatic rings. The van der Waals surface area contributed by atoms with Gasteiger partial charge in [0.2, 0.25) is 0 Å². The third-order valence-corrected chi connectivity index (χ3v) is 3.85. The van der Waals surface area contributed by atoms with Crippen LogP contribution in [-0.2, 0) is 4.74 Å². The maximum absolute atomic E-state index is 12.0. The lowest BCUT2D eigenvalue weighted by Crippen LogP contribution is -2.36. The van der Waals surface area contributed by atoms with Crippen molar-refractivity contribution in [2.75, 3.05) is 13.1 Å². The lowest BCUT2D eigenvalue weighted by atomic mass is 9.91. The Balaban J connectivity index is 2.40. The van der Waals surface area contributed by atoms with Gasteiger partial charge in [-0.2, -0.15) is 0 Å². The van der Waals surface area contributed by atoms with Crippen LogP contribution >= 0.6 is 0 Å². The number of carbonyl (C=O) groups is 1. The zero-order valence-corrected chi connectivity index (χ0v) is 13.7. The molecule has 0 radical (unpaired) electrons. The summed E-state index contributed by atoms with van der Waals surface area (Å²) in [5.41, 5.74) is -0.455. The first-order valence-corrected chi connectivity index (χ1v) is 7.89. The summed E-state index contributed by atoms with van der Waals surface area (Å²) in [6.07, 6.45) is 3.46. The molecular formula is C16H31NO3. The van der Waals surface area contributed by atoms with Crippen molar-refractivity contribution in [1.82, 2.24) is 4.90 Å². The Hall–Kier alpha value is -0.770. The van der Waals surface area contributed by atoms with Crippen LogP contribution in [0.25, 0.3) is 0 Å². The molecule has 3 atom stereocenters. The number of rotatable bonds is 5. The molecule has 1 saturated heterocycles. The van der Waals surface area contributed by atoms with Gasteiger partial charge in [-0.05, 0) is 39.5 Å². The largest absolute Gasteiger partial charge is 0.444 e. The topological polar surface area (TPSA) is 49.8 Å². The number of amides is 1. The first-order chi connectivity index (χ1) is 9.23. The van der Waals surface area contributed by atoms with Gasteiger partial charge < -0.3 is 14.7 Å². The van der Waals surface area contributed by atoms with Crippen LogP contribution in [-0.4, -0.2) is 40.9 Å². The van der Waals surface area contributed by atoms with Crippen molar-refractivity contribution in [2.45, 2.75) is 72.0 Å². The molecule has 1 amide bonds.